The average Bonchev–Trinajstić information content (AvgIpc) is 2.77. The Morgan fingerprint density at radius 2 is 1.23 bits per heavy atom. The van der Waals surface area contributed by atoms with Gasteiger partial charge in [-0.15, -0.1) is 0 Å². The second kappa shape index (κ2) is 13.1. The van der Waals surface area contributed by atoms with Gasteiger partial charge in [-0.25, -0.2) is 0 Å². The molecule has 0 aromatic carbocycles. The van der Waals surface area contributed by atoms with Crippen molar-refractivity contribution in [2.75, 3.05) is 0 Å². The molecule has 0 amide bonds. The highest BCUT2D eigenvalue weighted by atomic mass is 127. The first-order valence-corrected chi connectivity index (χ1v) is 25.5. The number of hydrogen-bond donors (Lipinski definition) is 0. The Hall–Kier alpha value is 0.921. The first-order valence-electron chi connectivity index (χ1n) is 15.5. The summed E-state index contributed by atoms with van der Waals surface area (Å²) in [5.74, 6) is 0. The fraction of sp³-hybridized carbons (Fsp3) is 0.935. The summed E-state index contributed by atoms with van der Waals surface area (Å²) in [5, 5.41) is 0.191. The SMILES string of the molecule is CC[C@H]1CC[C@@H]2O[C@@H]([C@H](/C=C/I)O[Si](C)(C)C(C)(C)C)[C@@H](O[Si](C)(C)C(C)(C)C)[C@@H](O[Si](C)(C)C(C)(C)C)[C@H]2O1. The largest absolute Gasteiger partial charge is 0.408 e. The van der Waals surface area contributed by atoms with Crippen LogP contribution < -0.4 is 0 Å². The molecular weight excluding hydrogens is 663 g/mol. The van der Waals surface area contributed by atoms with Gasteiger partial charge in [0.15, 0.2) is 25.0 Å². The van der Waals surface area contributed by atoms with Crippen molar-refractivity contribution < 1.29 is 22.8 Å². The van der Waals surface area contributed by atoms with Crippen LogP contribution in [0, 0.1) is 0 Å². The standard InChI is InChI=1S/C31H63IO5Si3/c1-17-22-18-19-23-25(33-22)27(36-39(13,14)30(5,6)7)28(37-40(15,16)31(8,9)10)26(34-23)24(20-21-32)35-38(11,12)29(2,3)4/h20-28H,17-19H2,1-16H3/b21-20+/t22-,23-,24-,25-,26-,27-,28+/m0/s1. The Morgan fingerprint density at radius 1 is 0.750 bits per heavy atom. The fourth-order valence-electron chi connectivity index (χ4n) is 4.65. The third kappa shape index (κ3) is 8.55. The quantitative estimate of drug-likeness (QED) is 0.175. The van der Waals surface area contributed by atoms with Crippen LogP contribution in [-0.2, 0) is 22.8 Å². The molecule has 0 spiro atoms. The molecule has 0 unspecified atom stereocenters. The zero-order valence-electron chi connectivity index (χ0n) is 28.7. The molecule has 0 aliphatic carbocycles. The van der Waals surface area contributed by atoms with Gasteiger partial charge in [0, 0.05) is 0 Å². The van der Waals surface area contributed by atoms with E-state index in [4.69, 9.17) is 22.8 Å². The van der Waals surface area contributed by atoms with Crippen LogP contribution in [0.2, 0.25) is 54.4 Å². The summed E-state index contributed by atoms with van der Waals surface area (Å²) < 4.78 is 38.0. The molecular formula is C31H63IO5Si3. The molecule has 2 aliphatic heterocycles. The maximum atomic E-state index is 7.40. The van der Waals surface area contributed by atoms with Gasteiger partial charge >= 0.3 is 0 Å². The van der Waals surface area contributed by atoms with E-state index in [9.17, 15) is 0 Å². The van der Waals surface area contributed by atoms with E-state index in [0.717, 1.165) is 19.3 Å². The second-order valence-corrected chi connectivity index (χ2v) is 31.7. The first-order chi connectivity index (χ1) is 17.9. The highest BCUT2D eigenvalue weighted by Crippen LogP contribution is 2.47. The molecule has 40 heavy (non-hydrogen) atoms. The number of halogens is 1. The maximum absolute atomic E-state index is 7.40. The van der Waals surface area contributed by atoms with Gasteiger partial charge in [-0.2, -0.15) is 0 Å². The van der Waals surface area contributed by atoms with Gasteiger partial charge < -0.3 is 22.8 Å². The Balaban J connectivity index is 2.72. The van der Waals surface area contributed by atoms with E-state index < -0.39 is 25.0 Å². The summed E-state index contributed by atoms with van der Waals surface area (Å²) in [7, 11) is -6.50. The molecule has 0 aromatic rings. The Kier molecular flexibility index (Phi) is 12.2. The van der Waals surface area contributed by atoms with Gasteiger partial charge in [-0.3, -0.25) is 0 Å². The van der Waals surface area contributed by atoms with Crippen LogP contribution >= 0.6 is 22.6 Å². The minimum absolute atomic E-state index is 0.0324. The Bertz CT molecular complexity index is 857. The van der Waals surface area contributed by atoms with Crippen molar-refractivity contribution in [2.24, 2.45) is 0 Å². The van der Waals surface area contributed by atoms with Crippen LogP contribution in [0.3, 0.4) is 0 Å². The second-order valence-electron chi connectivity index (χ2n) is 16.7. The molecule has 0 aromatic heterocycles. The first kappa shape index (κ1) is 37.1. The van der Waals surface area contributed by atoms with Crippen molar-refractivity contribution in [3.8, 4) is 0 Å². The summed E-state index contributed by atoms with van der Waals surface area (Å²) in [6, 6.07) is 0. The third-order valence-corrected chi connectivity index (χ3v) is 24.4. The lowest BCUT2D eigenvalue weighted by Crippen LogP contribution is -2.69. The highest BCUT2D eigenvalue weighted by Gasteiger charge is 2.57. The normalized spacial score (nSPS) is 30.4. The molecule has 2 saturated heterocycles. The summed E-state index contributed by atoms with van der Waals surface area (Å²) >= 11 is 2.32. The lowest BCUT2D eigenvalue weighted by atomic mass is 9.87. The van der Waals surface area contributed by atoms with Gasteiger partial charge in [0.05, 0.1) is 18.3 Å². The van der Waals surface area contributed by atoms with Gasteiger partial charge in [-0.05, 0) is 83.8 Å². The molecule has 0 N–H and O–H groups in total. The molecule has 2 fully saturated rings. The third-order valence-electron chi connectivity index (χ3n) is 10.5. The predicted molar refractivity (Wildman–Crippen MR) is 186 cm³/mol. The maximum Gasteiger partial charge on any atom is 0.193 e. The zero-order valence-corrected chi connectivity index (χ0v) is 33.9. The summed E-state index contributed by atoms with van der Waals surface area (Å²) in [6.07, 6.45) is 4.26. The monoisotopic (exact) mass is 726 g/mol. The van der Waals surface area contributed by atoms with Crippen LogP contribution in [0.25, 0.3) is 0 Å². The van der Waals surface area contributed by atoms with E-state index in [-0.39, 0.29) is 57.8 Å². The minimum atomic E-state index is -2.21. The summed E-state index contributed by atoms with van der Waals surface area (Å²) in [5.41, 5.74) is 0. The predicted octanol–water partition coefficient (Wildman–Crippen LogP) is 9.83. The molecule has 2 heterocycles. The lowest BCUT2D eigenvalue weighted by Gasteiger charge is -2.56. The van der Waals surface area contributed by atoms with E-state index in [2.05, 4.69) is 141 Å². The van der Waals surface area contributed by atoms with Crippen LogP contribution in [0.1, 0.15) is 88.5 Å². The Labute approximate surface area is 264 Å². The molecule has 0 saturated carbocycles. The molecule has 0 bridgehead atoms. The summed E-state index contributed by atoms with van der Waals surface area (Å²) in [4.78, 5) is 0. The number of fused-ring (bicyclic) bond motifs is 1. The molecule has 0 radical (unpaired) electrons. The van der Waals surface area contributed by atoms with E-state index in [1.807, 2.05) is 0 Å². The molecule has 5 nitrogen and oxygen atoms in total. The van der Waals surface area contributed by atoms with E-state index in [1.54, 1.807) is 0 Å². The van der Waals surface area contributed by atoms with Crippen molar-refractivity contribution in [3.63, 3.8) is 0 Å². The van der Waals surface area contributed by atoms with Crippen LogP contribution in [-0.4, -0.2) is 67.7 Å². The van der Waals surface area contributed by atoms with Gasteiger partial charge in [0.25, 0.3) is 0 Å². The van der Waals surface area contributed by atoms with Gasteiger partial charge in [-0.1, -0.05) is 91.8 Å². The molecule has 2 aliphatic rings. The van der Waals surface area contributed by atoms with Gasteiger partial charge in [0.2, 0.25) is 0 Å². The van der Waals surface area contributed by atoms with Crippen LogP contribution in [0.4, 0.5) is 0 Å². The van der Waals surface area contributed by atoms with Crippen LogP contribution in [0.15, 0.2) is 10.2 Å². The molecule has 2 rings (SSSR count). The van der Waals surface area contributed by atoms with Crippen molar-refractivity contribution in [1.82, 2.24) is 0 Å². The molecule has 236 valence electrons. The smallest absolute Gasteiger partial charge is 0.193 e. The minimum Gasteiger partial charge on any atom is -0.408 e. The van der Waals surface area contributed by atoms with E-state index >= 15 is 0 Å². The van der Waals surface area contributed by atoms with Gasteiger partial charge in [0.1, 0.15) is 24.4 Å². The van der Waals surface area contributed by atoms with E-state index in [0.29, 0.717) is 0 Å². The molecule has 9 heteroatoms. The lowest BCUT2D eigenvalue weighted by molar-refractivity contribution is -0.266. The topological polar surface area (TPSA) is 46.2 Å². The van der Waals surface area contributed by atoms with Crippen LogP contribution in [0.5, 0.6) is 0 Å². The molecule has 7 atom stereocenters. The number of hydrogen-bond acceptors (Lipinski definition) is 5. The number of ether oxygens (including phenoxy) is 2. The van der Waals surface area contributed by atoms with Crippen molar-refractivity contribution >= 4 is 47.5 Å². The summed E-state index contributed by atoms with van der Waals surface area (Å²) in [6.45, 7) is 37.0. The Morgan fingerprint density at radius 3 is 1.65 bits per heavy atom. The fourth-order valence-corrected chi connectivity index (χ4v) is 8.91. The highest BCUT2D eigenvalue weighted by molar-refractivity contribution is 14.1. The van der Waals surface area contributed by atoms with E-state index in [1.165, 1.54) is 0 Å². The average molecular weight is 727 g/mol. The number of rotatable bonds is 9. The van der Waals surface area contributed by atoms with Crippen molar-refractivity contribution in [1.29, 1.82) is 0 Å². The zero-order chi connectivity index (χ0) is 31.1. The van der Waals surface area contributed by atoms with Crippen molar-refractivity contribution in [3.05, 3.63) is 10.2 Å². The van der Waals surface area contributed by atoms with Crippen molar-refractivity contribution in [2.45, 2.75) is 186 Å².